The summed E-state index contributed by atoms with van der Waals surface area (Å²) in [5, 5.41) is 5.63. The third-order valence-corrected chi connectivity index (χ3v) is 7.16. The average Bonchev–Trinajstić information content (AvgIpc) is 2.92. The summed E-state index contributed by atoms with van der Waals surface area (Å²) in [5.41, 5.74) is 2.11. The number of hydrogen-bond donors (Lipinski definition) is 2. The fourth-order valence-electron chi connectivity index (χ4n) is 3.66. The Morgan fingerprint density at radius 1 is 0.949 bits per heavy atom. The minimum Gasteiger partial charge on any atom is -0.493 e. The van der Waals surface area contributed by atoms with Crippen LogP contribution in [0, 0.1) is 0 Å². The highest BCUT2D eigenvalue weighted by molar-refractivity contribution is 7.92. The summed E-state index contributed by atoms with van der Waals surface area (Å²) in [4.78, 5) is 25.7. The van der Waals surface area contributed by atoms with Crippen LogP contribution in [0.3, 0.4) is 0 Å². The van der Waals surface area contributed by atoms with Crippen molar-refractivity contribution in [2.24, 2.45) is 0 Å². The molecule has 0 radical (unpaired) electrons. The van der Waals surface area contributed by atoms with Crippen molar-refractivity contribution in [3.8, 4) is 17.2 Å². The van der Waals surface area contributed by atoms with E-state index >= 15 is 0 Å². The number of amides is 2. The summed E-state index contributed by atoms with van der Waals surface area (Å²) in [5.74, 6) is 0.862. The molecule has 0 fully saturated rings. The lowest BCUT2D eigenvalue weighted by Gasteiger charge is -2.19. The minimum atomic E-state index is -3.39. The fourth-order valence-corrected chi connectivity index (χ4v) is 4.16. The molecular formula is C28H33N3O7S. The molecule has 11 heteroatoms. The second-order valence-electron chi connectivity index (χ2n) is 8.71. The Hall–Kier alpha value is -4.25. The zero-order chi connectivity index (χ0) is 28.6. The van der Waals surface area contributed by atoms with Crippen LogP contribution in [-0.2, 0) is 21.2 Å². The molecule has 0 saturated heterocycles. The topological polar surface area (TPSA) is 123 Å². The van der Waals surface area contributed by atoms with Gasteiger partial charge in [0.25, 0.3) is 11.8 Å². The number of benzene rings is 3. The molecule has 2 amide bonds. The molecule has 3 aromatic carbocycles. The van der Waals surface area contributed by atoms with Crippen molar-refractivity contribution < 1.29 is 32.2 Å². The van der Waals surface area contributed by atoms with Crippen LogP contribution in [0.1, 0.15) is 22.8 Å². The van der Waals surface area contributed by atoms with Crippen molar-refractivity contribution in [2.75, 3.05) is 43.7 Å². The molecule has 0 bridgehead atoms. The number of sulfonamides is 1. The van der Waals surface area contributed by atoms with Gasteiger partial charge in [0, 0.05) is 13.6 Å². The first-order valence-corrected chi connectivity index (χ1v) is 14.0. The molecule has 0 unspecified atom stereocenters. The van der Waals surface area contributed by atoms with Crippen molar-refractivity contribution in [1.82, 2.24) is 5.32 Å². The first kappa shape index (κ1) is 29.3. The summed E-state index contributed by atoms with van der Waals surface area (Å²) in [6.07, 6.45) is 0.800. The molecule has 0 saturated carbocycles. The first-order chi connectivity index (χ1) is 18.5. The van der Waals surface area contributed by atoms with Crippen molar-refractivity contribution >= 4 is 33.2 Å². The van der Waals surface area contributed by atoms with Crippen molar-refractivity contribution in [1.29, 1.82) is 0 Å². The lowest BCUT2D eigenvalue weighted by atomic mass is 10.1. The maximum atomic E-state index is 12.9. The van der Waals surface area contributed by atoms with Crippen LogP contribution >= 0.6 is 0 Å². The molecule has 10 nitrogen and oxygen atoms in total. The van der Waals surface area contributed by atoms with Crippen LogP contribution in [-0.4, -0.2) is 60.4 Å². The molecule has 0 heterocycles. The van der Waals surface area contributed by atoms with Gasteiger partial charge < -0.3 is 24.8 Å². The number of methoxy groups -OCH3 is 2. The number of hydrogen-bond acceptors (Lipinski definition) is 7. The van der Waals surface area contributed by atoms with Gasteiger partial charge in [-0.2, -0.15) is 0 Å². The number of rotatable bonds is 12. The Labute approximate surface area is 228 Å². The van der Waals surface area contributed by atoms with Crippen LogP contribution in [0.4, 0.5) is 11.4 Å². The lowest BCUT2D eigenvalue weighted by molar-refractivity contribution is -0.122. The Morgan fingerprint density at radius 2 is 1.62 bits per heavy atom. The van der Waals surface area contributed by atoms with Gasteiger partial charge in [-0.25, -0.2) is 8.42 Å². The quantitative estimate of drug-likeness (QED) is 0.351. The van der Waals surface area contributed by atoms with Gasteiger partial charge >= 0.3 is 0 Å². The van der Waals surface area contributed by atoms with Crippen LogP contribution in [0.25, 0.3) is 0 Å². The Bertz CT molecular complexity index is 1410. The Balaban J connectivity index is 1.59. The van der Waals surface area contributed by atoms with Crippen molar-refractivity contribution in [2.45, 2.75) is 19.4 Å². The normalized spacial score (nSPS) is 11.7. The van der Waals surface area contributed by atoms with E-state index < -0.39 is 22.0 Å². The molecule has 0 aliphatic rings. The third kappa shape index (κ3) is 7.87. The number of para-hydroxylation sites is 1. The van der Waals surface area contributed by atoms with Gasteiger partial charge in [-0.15, -0.1) is 0 Å². The van der Waals surface area contributed by atoms with E-state index in [1.165, 1.54) is 7.05 Å². The number of ether oxygens (including phenoxy) is 3. The molecule has 3 aromatic rings. The number of carbonyl (C=O) groups is 2. The number of nitrogens with zero attached hydrogens (tertiary/aromatic N) is 1. The van der Waals surface area contributed by atoms with Crippen molar-refractivity contribution in [3.05, 3.63) is 77.9 Å². The van der Waals surface area contributed by atoms with Crippen LogP contribution in [0.5, 0.6) is 17.2 Å². The zero-order valence-electron chi connectivity index (χ0n) is 22.6. The monoisotopic (exact) mass is 555 g/mol. The van der Waals surface area contributed by atoms with Gasteiger partial charge in [0.15, 0.2) is 17.6 Å². The van der Waals surface area contributed by atoms with Gasteiger partial charge in [-0.1, -0.05) is 18.2 Å². The molecule has 2 N–H and O–H groups in total. The Morgan fingerprint density at radius 3 is 2.26 bits per heavy atom. The van der Waals surface area contributed by atoms with Gasteiger partial charge in [-0.3, -0.25) is 13.9 Å². The highest BCUT2D eigenvalue weighted by Crippen LogP contribution is 2.27. The summed E-state index contributed by atoms with van der Waals surface area (Å²) in [6, 6.07) is 18.6. The standard InChI is InChI=1S/C28H33N3O7S/c1-19(38-22-13-11-21(12-14-22)31(2)39(5,34)35)27(32)30-24-9-7-6-8-23(24)28(33)29-17-16-20-10-15-25(36-3)26(18-20)37-4/h6-15,18-19H,16-17H2,1-5H3,(H,29,33)(H,30,32)/t19-/m1/s1. The smallest absolute Gasteiger partial charge is 0.265 e. The van der Waals surface area contributed by atoms with E-state index in [9.17, 15) is 18.0 Å². The van der Waals surface area contributed by atoms with Crippen molar-refractivity contribution in [3.63, 3.8) is 0 Å². The first-order valence-electron chi connectivity index (χ1n) is 12.1. The molecule has 208 valence electrons. The average molecular weight is 556 g/mol. The minimum absolute atomic E-state index is 0.318. The van der Waals surface area contributed by atoms with E-state index in [1.807, 2.05) is 18.2 Å². The van der Waals surface area contributed by atoms with E-state index in [4.69, 9.17) is 14.2 Å². The Kier molecular flexibility index (Phi) is 9.78. The summed E-state index contributed by atoms with van der Waals surface area (Å²) in [6.45, 7) is 1.96. The second kappa shape index (κ2) is 13.0. The number of nitrogens with one attached hydrogen (secondary N) is 2. The van der Waals surface area contributed by atoms with Gasteiger partial charge in [-0.05, 0) is 67.4 Å². The predicted octanol–water partition coefficient (Wildman–Crippen LogP) is 3.48. The maximum absolute atomic E-state index is 12.9. The highest BCUT2D eigenvalue weighted by atomic mass is 32.2. The maximum Gasteiger partial charge on any atom is 0.265 e. The second-order valence-corrected chi connectivity index (χ2v) is 10.7. The fraction of sp³-hybridized carbons (Fsp3) is 0.286. The largest absolute Gasteiger partial charge is 0.493 e. The molecule has 0 aliphatic heterocycles. The van der Waals surface area contributed by atoms with E-state index in [1.54, 1.807) is 69.7 Å². The van der Waals surface area contributed by atoms with Gasteiger partial charge in [0.1, 0.15) is 5.75 Å². The van der Waals surface area contributed by atoms with Crippen LogP contribution < -0.4 is 29.1 Å². The van der Waals surface area contributed by atoms with Crippen LogP contribution in [0.2, 0.25) is 0 Å². The van der Waals surface area contributed by atoms with E-state index in [0.29, 0.717) is 47.2 Å². The van der Waals surface area contributed by atoms with Gasteiger partial charge in [0.2, 0.25) is 10.0 Å². The zero-order valence-corrected chi connectivity index (χ0v) is 23.4. The molecule has 1 atom stereocenters. The van der Waals surface area contributed by atoms with E-state index in [0.717, 1.165) is 16.1 Å². The molecular weight excluding hydrogens is 522 g/mol. The van der Waals surface area contributed by atoms with E-state index in [2.05, 4.69) is 10.6 Å². The summed E-state index contributed by atoms with van der Waals surface area (Å²) in [7, 11) is 1.20. The molecule has 39 heavy (non-hydrogen) atoms. The third-order valence-electron chi connectivity index (χ3n) is 5.96. The highest BCUT2D eigenvalue weighted by Gasteiger charge is 2.19. The summed E-state index contributed by atoms with van der Waals surface area (Å²) < 4.78 is 40.8. The van der Waals surface area contributed by atoms with E-state index in [-0.39, 0.29) is 5.91 Å². The lowest BCUT2D eigenvalue weighted by Crippen LogP contribution is -2.32. The summed E-state index contributed by atoms with van der Waals surface area (Å²) >= 11 is 0. The number of anilines is 2. The van der Waals surface area contributed by atoms with Crippen LogP contribution in [0.15, 0.2) is 66.7 Å². The number of carbonyl (C=O) groups excluding carboxylic acids is 2. The van der Waals surface area contributed by atoms with Gasteiger partial charge in [0.05, 0.1) is 37.4 Å². The molecule has 0 spiro atoms. The molecule has 3 rings (SSSR count). The molecule has 0 aliphatic carbocycles. The molecule has 0 aromatic heterocycles. The SMILES string of the molecule is COc1ccc(CCNC(=O)c2ccccc2NC(=O)[C@@H](C)Oc2ccc(N(C)S(C)(=O)=O)cc2)cc1OC. The predicted molar refractivity (Wildman–Crippen MR) is 150 cm³/mol.